The van der Waals surface area contributed by atoms with Crippen molar-refractivity contribution >= 4 is 6.09 Å². The summed E-state index contributed by atoms with van der Waals surface area (Å²) in [5.41, 5.74) is 1.32. The topological polar surface area (TPSA) is 81.1 Å². The molecule has 7 nitrogen and oxygen atoms in total. The number of carbonyl (C=O) groups is 1. The first-order valence-corrected chi connectivity index (χ1v) is 8.85. The van der Waals surface area contributed by atoms with Crippen LogP contribution < -0.4 is 10.6 Å². The predicted octanol–water partition coefficient (Wildman–Crippen LogP) is 2.64. The molecule has 2 aromatic rings. The third kappa shape index (κ3) is 4.37. The van der Waals surface area contributed by atoms with Gasteiger partial charge in [0.1, 0.15) is 11.4 Å². The minimum absolute atomic E-state index is 0.167. The number of methoxy groups -OCH3 is 1. The van der Waals surface area contributed by atoms with Gasteiger partial charge in [-0.3, -0.25) is 9.67 Å². The summed E-state index contributed by atoms with van der Waals surface area (Å²) in [5.74, 6) is -0.342. The van der Waals surface area contributed by atoms with E-state index in [1.165, 1.54) is 7.11 Å². The Hall–Kier alpha value is -2.48. The lowest BCUT2D eigenvalue weighted by Gasteiger charge is -2.10. The first kappa shape index (κ1) is 18.3. The molecule has 0 aliphatic heterocycles. The molecule has 1 aliphatic rings. The fraction of sp³-hybridized carbons (Fsp3) is 0.500. The highest BCUT2D eigenvalue weighted by Crippen LogP contribution is 2.29. The number of carbonyl (C=O) groups excluding carboxylic acids is 1. The van der Waals surface area contributed by atoms with E-state index in [9.17, 15) is 4.79 Å². The van der Waals surface area contributed by atoms with Gasteiger partial charge >= 0.3 is 6.09 Å². The van der Waals surface area contributed by atoms with Crippen LogP contribution in [0.1, 0.15) is 37.9 Å². The Kier molecular flexibility index (Phi) is 5.82. The Morgan fingerprint density at radius 2 is 2.27 bits per heavy atom. The third-order valence-corrected chi connectivity index (χ3v) is 4.30. The molecule has 0 aromatic carbocycles. The Morgan fingerprint density at radius 1 is 1.46 bits per heavy atom. The standard InChI is InChI=1S/C18H24FN5O2/c1-12(22-13-7-8-13)16-15(19)17(14-6-3-4-9-20-14)24(23-16)11-5-10-21-18(25)26-2/h3-4,6,9,12-13,22H,5,7-8,10-11H2,1-2H3,(H,21,25). The van der Waals surface area contributed by atoms with Gasteiger partial charge < -0.3 is 15.4 Å². The van der Waals surface area contributed by atoms with E-state index in [4.69, 9.17) is 0 Å². The second kappa shape index (κ2) is 8.27. The molecule has 3 rings (SSSR count). The van der Waals surface area contributed by atoms with Crippen LogP contribution in [0.4, 0.5) is 9.18 Å². The van der Waals surface area contributed by atoms with Crippen molar-refractivity contribution in [1.82, 2.24) is 25.4 Å². The number of pyridine rings is 1. The van der Waals surface area contributed by atoms with Gasteiger partial charge in [-0.05, 0) is 38.3 Å². The maximum absolute atomic E-state index is 15.1. The molecule has 1 atom stereocenters. The molecule has 0 saturated heterocycles. The van der Waals surface area contributed by atoms with Crippen LogP contribution in [0.25, 0.3) is 11.4 Å². The zero-order valence-electron chi connectivity index (χ0n) is 15.0. The molecule has 2 heterocycles. The van der Waals surface area contributed by atoms with Gasteiger partial charge in [0, 0.05) is 25.3 Å². The van der Waals surface area contributed by atoms with Crippen LogP contribution in [0.3, 0.4) is 0 Å². The molecule has 0 bridgehead atoms. The average Bonchev–Trinajstić information content (AvgIpc) is 3.40. The van der Waals surface area contributed by atoms with Crippen molar-refractivity contribution in [1.29, 1.82) is 0 Å². The number of hydrogen-bond acceptors (Lipinski definition) is 5. The second-order valence-electron chi connectivity index (χ2n) is 6.42. The molecular weight excluding hydrogens is 337 g/mol. The molecule has 140 valence electrons. The summed E-state index contributed by atoms with van der Waals surface area (Å²) in [6, 6.07) is 5.67. The number of ether oxygens (including phenoxy) is 1. The zero-order chi connectivity index (χ0) is 18.5. The summed E-state index contributed by atoms with van der Waals surface area (Å²) >= 11 is 0. The van der Waals surface area contributed by atoms with E-state index in [1.807, 2.05) is 13.0 Å². The van der Waals surface area contributed by atoms with Gasteiger partial charge in [0.05, 0.1) is 18.8 Å². The van der Waals surface area contributed by atoms with E-state index in [0.717, 1.165) is 12.8 Å². The smallest absolute Gasteiger partial charge is 0.406 e. The number of hydrogen-bond donors (Lipinski definition) is 2. The van der Waals surface area contributed by atoms with E-state index in [0.29, 0.717) is 42.6 Å². The quantitative estimate of drug-likeness (QED) is 0.707. The number of halogens is 1. The number of amides is 1. The van der Waals surface area contributed by atoms with E-state index >= 15 is 4.39 Å². The molecule has 2 N–H and O–H groups in total. The Balaban J connectivity index is 1.79. The molecule has 0 radical (unpaired) electrons. The summed E-state index contributed by atoms with van der Waals surface area (Å²) in [6.07, 6.45) is 4.00. The van der Waals surface area contributed by atoms with E-state index in [2.05, 4.69) is 25.5 Å². The number of nitrogens with one attached hydrogen (secondary N) is 2. The monoisotopic (exact) mass is 361 g/mol. The van der Waals surface area contributed by atoms with Crippen molar-refractivity contribution in [2.45, 2.75) is 44.8 Å². The van der Waals surface area contributed by atoms with Crippen LogP contribution in [0.5, 0.6) is 0 Å². The van der Waals surface area contributed by atoms with Crippen LogP contribution in [0.2, 0.25) is 0 Å². The lowest BCUT2D eigenvalue weighted by Crippen LogP contribution is -2.25. The van der Waals surface area contributed by atoms with Crippen LogP contribution in [0.15, 0.2) is 24.4 Å². The largest absolute Gasteiger partial charge is 0.453 e. The van der Waals surface area contributed by atoms with Crippen molar-refractivity contribution < 1.29 is 13.9 Å². The van der Waals surface area contributed by atoms with Crippen LogP contribution in [-0.2, 0) is 11.3 Å². The fourth-order valence-corrected chi connectivity index (χ4v) is 2.82. The molecule has 8 heteroatoms. The maximum Gasteiger partial charge on any atom is 0.406 e. The van der Waals surface area contributed by atoms with Crippen LogP contribution >= 0.6 is 0 Å². The van der Waals surface area contributed by atoms with E-state index in [1.54, 1.807) is 23.0 Å². The molecule has 1 fully saturated rings. The average molecular weight is 361 g/mol. The van der Waals surface area contributed by atoms with E-state index in [-0.39, 0.29) is 11.9 Å². The second-order valence-corrected chi connectivity index (χ2v) is 6.42. The van der Waals surface area contributed by atoms with Crippen molar-refractivity contribution in [2.24, 2.45) is 0 Å². The highest BCUT2D eigenvalue weighted by atomic mass is 19.1. The summed E-state index contributed by atoms with van der Waals surface area (Å²) < 4.78 is 21.3. The number of aryl methyl sites for hydroxylation is 1. The maximum atomic E-state index is 15.1. The number of rotatable bonds is 8. The first-order chi connectivity index (χ1) is 12.6. The summed E-state index contributed by atoms with van der Waals surface area (Å²) in [7, 11) is 1.32. The predicted molar refractivity (Wildman–Crippen MR) is 95.0 cm³/mol. The molecule has 2 aromatic heterocycles. The van der Waals surface area contributed by atoms with Crippen molar-refractivity contribution in [3.63, 3.8) is 0 Å². The van der Waals surface area contributed by atoms with Gasteiger partial charge in [-0.25, -0.2) is 9.18 Å². The summed E-state index contributed by atoms with van der Waals surface area (Å²) in [4.78, 5) is 15.4. The number of nitrogens with zero attached hydrogens (tertiary/aromatic N) is 3. The molecule has 1 amide bonds. The lowest BCUT2D eigenvalue weighted by molar-refractivity contribution is 0.170. The van der Waals surface area contributed by atoms with Gasteiger partial charge in [0.15, 0.2) is 5.82 Å². The number of alkyl carbamates (subject to hydrolysis) is 1. The van der Waals surface area contributed by atoms with Gasteiger partial charge in [-0.15, -0.1) is 0 Å². The highest BCUT2D eigenvalue weighted by molar-refractivity contribution is 5.66. The van der Waals surface area contributed by atoms with Gasteiger partial charge in [-0.1, -0.05) is 6.07 Å². The summed E-state index contributed by atoms with van der Waals surface area (Å²) in [5, 5.41) is 10.5. The molecule has 1 unspecified atom stereocenters. The molecule has 0 spiro atoms. The zero-order valence-corrected chi connectivity index (χ0v) is 15.0. The van der Waals surface area contributed by atoms with E-state index < -0.39 is 6.09 Å². The van der Waals surface area contributed by atoms with Crippen molar-refractivity contribution in [3.8, 4) is 11.4 Å². The minimum Gasteiger partial charge on any atom is -0.453 e. The van der Waals surface area contributed by atoms with Crippen molar-refractivity contribution in [3.05, 3.63) is 35.9 Å². The summed E-state index contributed by atoms with van der Waals surface area (Å²) in [6.45, 7) is 2.80. The Morgan fingerprint density at radius 3 is 2.92 bits per heavy atom. The first-order valence-electron chi connectivity index (χ1n) is 8.85. The normalized spacial score (nSPS) is 14.9. The molecule has 1 saturated carbocycles. The van der Waals surface area contributed by atoms with Gasteiger partial charge in [0.25, 0.3) is 0 Å². The molecular formula is C18H24FN5O2. The third-order valence-electron chi connectivity index (χ3n) is 4.30. The lowest BCUT2D eigenvalue weighted by atomic mass is 10.1. The number of aromatic nitrogens is 3. The SMILES string of the molecule is COC(=O)NCCCn1nc(C(C)NC2CC2)c(F)c1-c1ccccn1. The molecule has 1 aliphatic carbocycles. The van der Waals surface area contributed by atoms with Gasteiger partial charge in [0.2, 0.25) is 0 Å². The minimum atomic E-state index is -0.482. The Labute approximate surface area is 151 Å². The Bertz CT molecular complexity index is 746. The van der Waals surface area contributed by atoms with Crippen molar-refractivity contribution in [2.75, 3.05) is 13.7 Å². The fourth-order valence-electron chi connectivity index (χ4n) is 2.82. The van der Waals surface area contributed by atoms with Gasteiger partial charge in [-0.2, -0.15) is 5.10 Å². The van der Waals surface area contributed by atoms with Crippen LogP contribution in [-0.4, -0.2) is 40.6 Å². The highest BCUT2D eigenvalue weighted by Gasteiger charge is 2.28. The van der Waals surface area contributed by atoms with Crippen LogP contribution in [0, 0.1) is 5.82 Å². The molecule has 26 heavy (non-hydrogen) atoms.